The van der Waals surface area contributed by atoms with Crippen LogP contribution in [0, 0.1) is 6.92 Å². The van der Waals surface area contributed by atoms with Crippen LogP contribution in [0.2, 0.25) is 0 Å². The number of ether oxygens (including phenoxy) is 3. The highest BCUT2D eigenvalue weighted by Gasteiger charge is 2.25. The fourth-order valence-electron chi connectivity index (χ4n) is 4.64. The molecule has 2 saturated heterocycles. The monoisotopic (exact) mass is 540 g/mol. The summed E-state index contributed by atoms with van der Waals surface area (Å²) in [6, 6.07) is 12.8. The maximum atomic E-state index is 6.59. The summed E-state index contributed by atoms with van der Waals surface area (Å²) in [5, 5.41) is 0.991. The van der Waals surface area contributed by atoms with Crippen LogP contribution in [0.4, 0.5) is 5.82 Å². The van der Waals surface area contributed by atoms with E-state index in [1.54, 1.807) is 0 Å². The first-order valence-electron chi connectivity index (χ1n) is 12.4. The van der Waals surface area contributed by atoms with Gasteiger partial charge in [-0.05, 0) is 54.0 Å². The third kappa shape index (κ3) is 5.39. The second-order valence-corrected chi connectivity index (χ2v) is 10.2. The number of fused-ring (bicyclic) bond motifs is 1. The van der Waals surface area contributed by atoms with Gasteiger partial charge in [0.05, 0.1) is 17.7 Å². The number of aryl methyl sites for hydroxylation is 1. The smallest absolute Gasteiger partial charge is 0.319 e. The molecular formula is C27H33BrN4O3. The Hall–Kier alpha value is -2.42. The molecule has 2 aliphatic heterocycles. The van der Waals surface area contributed by atoms with Gasteiger partial charge in [0.2, 0.25) is 0 Å². The molecule has 0 N–H and O–H groups in total. The highest BCUT2D eigenvalue weighted by atomic mass is 79.9. The quantitative estimate of drug-likeness (QED) is 0.428. The molecule has 8 heteroatoms. The third-order valence-electron chi connectivity index (χ3n) is 6.83. The molecule has 186 valence electrons. The summed E-state index contributed by atoms with van der Waals surface area (Å²) in [5.41, 5.74) is 2.97. The van der Waals surface area contributed by atoms with E-state index in [9.17, 15) is 0 Å². The molecule has 0 amide bonds. The lowest BCUT2D eigenvalue weighted by atomic mass is 10.1. The first-order chi connectivity index (χ1) is 17.0. The van der Waals surface area contributed by atoms with Gasteiger partial charge in [0.15, 0.2) is 5.75 Å². The van der Waals surface area contributed by atoms with E-state index in [4.69, 9.17) is 24.2 Å². The summed E-state index contributed by atoms with van der Waals surface area (Å²) in [5.74, 6) is 1.64. The van der Waals surface area contributed by atoms with Crippen LogP contribution >= 0.6 is 15.9 Å². The molecule has 3 heterocycles. The first kappa shape index (κ1) is 24.3. The Morgan fingerprint density at radius 2 is 1.77 bits per heavy atom. The van der Waals surface area contributed by atoms with Gasteiger partial charge in [-0.3, -0.25) is 0 Å². The Labute approximate surface area is 215 Å². The fourth-order valence-corrected chi connectivity index (χ4v) is 5.03. The number of anilines is 1. The summed E-state index contributed by atoms with van der Waals surface area (Å²) < 4.78 is 19.3. The zero-order valence-electron chi connectivity index (χ0n) is 20.7. The standard InChI is InChI=1S/C27H33BrN4O3/c1-18-17-22-24(25(23(18)28)34-19(2)20-7-5-4-6-8-20)29-27(35-21-9-15-33-16-10-21)30-26(22)32-13-11-31(3)12-14-32/h4-8,17,19,21H,9-16H2,1-3H3. The van der Waals surface area contributed by atoms with E-state index in [1.165, 1.54) is 0 Å². The molecule has 1 atom stereocenters. The number of hydrogen-bond acceptors (Lipinski definition) is 7. The predicted molar refractivity (Wildman–Crippen MR) is 142 cm³/mol. The second kappa shape index (κ2) is 10.7. The molecule has 0 spiro atoms. The molecule has 7 nitrogen and oxygen atoms in total. The Morgan fingerprint density at radius 1 is 1.06 bits per heavy atom. The normalized spacial score (nSPS) is 18.6. The highest BCUT2D eigenvalue weighted by molar-refractivity contribution is 9.10. The van der Waals surface area contributed by atoms with Crippen LogP contribution in [0.25, 0.3) is 10.9 Å². The van der Waals surface area contributed by atoms with Crippen molar-refractivity contribution < 1.29 is 14.2 Å². The maximum Gasteiger partial charge on any atom is 0.319 e. The van der Waals surface area contributed by atoms with Gasteiger partial charge < -0.3 is 24.0 Å². The molecule has 2 aliphatic rings. The zero-order chi connectivity index (χ0) is 24.4. The third-order valence-corrected chi connectivity index (χ3v) is 7.82. The van der Waals surface area contributed by atoms with E-state index in [1.807, 2.05) is 18.2 Å². The zero-order valence-corrected chi connectivity index (χ0v) is 22.3. The van der Waals surface area contributed by atoms with Crippen LogP contribution < -0.4 is 14.4 Å². The maximum absolute atomic E-state index is 6.59. The van der Waals surface area contributed by atoms with Crippen molar-refractivity contribution >= 4 is 32.7 Å². The summed E-state index contributed by atoms with van der Waals surface area (Å²) >= 11 is 3.79. The van der Waals surface area contributed by atoms with E-state index in [-0.39, 0.29) is 12.2 Å². The van der Waals surface area contributed by atoms with Crippen LogP contribution in [0.1, 0.15) is 37.0 Å². The molecular weight excluding hydrogens is 508 g/mol. The van der Waals surface area contributed by atoms with E-state index >= 15 is 0 Å². The molecule has 0 radical (unpaired) electrons. The molecule has 1 unspecified atom stereocenters. The van der Waals surface area contributed by atoms with Gasteiger partial charge in [0.25, 0.3) is 0 Å². The number of nitrogens with zero attached hydrogens (tertiary/aromatic N) is 4. The van der Waals surface area contributed by atoms with Crippen LogP contribution in [0.5, 0.6) is 11.8 Å². The highest BCUT2D eigenvalue weighted by Crippen LogP contribution is 2.41. The van der Waals surface area contributed by atoms with Crippen molar-refractivity contribution in [1.82, 2.24) is 14.9 Å². The molecule has 3 aromatic rings. The first-order valence-corrected chi connectivity index (χ1v) is 13.2. The van der Waals surface area contributed by atoms with Gasteiger partial charge in [-0.25, -0.2) is 0 Å². The Kier molecular flexibility index (Phi) is 7.41. The average molecular weight is 541 g/mol. The minimum Gasteiger partial charge on any atom is -0.483 e. The summed E-state index contributed by atoms with van der Waals surface area (Å²) in [7, 11) is 2.16. The van der Waals surface area contributed by atoms with Crippen molar-refractivity contribution in [3.63, 3.8) is 0 Å². The lowest BCUT2D eigenvalue weighted by molar-refractivity contribution is 0.0219. The van der Waals surface area contributed by atoms with Gasteiger partial charge in [-0.15, -0.1) is 0 Å². The van der Waals surface area contributed by atoms with Crippen LogP contribution in [-0.4, -0.2) is 67.4 Å². The lowest BCUT2D eigenvalue weighted by Gasteiger charge is -2.34. The largest absolute Gasteiger partial charge is 0.483 e. The van der Waals surface area contributed by atoms with Crippen LogP contribution in [-0.2, 0) is 4.74 Å². The molecule has 5 rings (SSSR count). The second-order valence-electron chi connectivity index (χ2n) is 9.45. The van der Waals surface area contributed by atoms with E-state index in [2.05, 4.69) is 64.8 Å². The summed E-state index contributed by atoms with van der Waals surface area (Å²) in [4.78, 5) is 14.6. The van der Waals surface area contributed by atoms with Crippen LogP contribution in [0.15, 0.2) is 40.9 Å². The number of piperazine rings is 1. The van der Waals surface area contributed by atoms with Crippen molar-refractivity contribution in [2.75, 3.05) is 51.3 Å². The summed E-state index contributed by atoms with van der Waals surface area (Å²) in [6.07, 6.45) is 1.61. The van der Waals surface area contributed by atoms with Crippen LogP contribution in [0.3, 0.4) is 0 Å². The minimum atomic E-state index is -0.139. The van der Waals surface area contributed by atoms with Crippen molar-refractivity contribution in [2.45, 2.75) is 38.9 Å². The molecule has 0 aliphatic carbocycles. The fraction of sp³-hybridized carbons (Fsp3) is 0.481. The average Bonchev–Trinajstić information content (AvgIpc) is 2.88. The van der Waals surface area contributed by atoms with Crippen molar-refractivity contribution in [1.29, 1.82) is 0 Å². The van der Waals surface area contributed by atoms with Gasteiger partial charge in [0, 0.05) is 44.4 Å². The topological polar surface area (TPSA) is 60.0 Å². The van der Waals surface area contributed by atoms with E-state index in [0.717, 1.165) is 77.1 Å². The molecule has 35 heavy (non-hydrogen) atoms. The number of hydrogen-bond donors (Lipinski definition) is 0. The van der Waals surface area contributed by atoms with Gasteiger partial charge in [-0.2, -0.15) is 9.97 Å². The van der Waals surface area contributed by atoms with Crippen molar-refractivity contribution in [3.05, 3.63) is 52.0 Å². The Bertz CT molecular complexity index is 1160. The summed E-state index contributed by atoms with van der Waals surface area (Å²) in [6.45, 7) is 9.36. The molecule has 2 fully saturated rings. The molecule has 2 aromatic carbocycles. The number of halogens is 1. The number of aromatic nitrogens is 2. The molecule has 0 bridgehead atoms. The number of rotatable bonds is 6. The predicted octanol–water partition coefficient (Wildman–Crippen LogP) is 5.15. The Balaban J connectivity index is 1.60. The van der Waals surface area contributed by atoms with Crippen molar-refractivity contribution in [3.8, 4) is 11.8 Å². The number of benzene rings is 2. The van der Waals surface area contributed by atoms with E-state index in [0.29, 0.717) is 19.2 Å². The molecule has 0 saturated carbocycles. The van der Waals surface area contributed by atoms with Gasteiger partial charge in [-0.1, -0.05) is 30.3 Å². The lowest BCUT2D eigenvalue weighted by Crippen LogP contribution is -2.45. The van der Waals surface area contributed by atoms with Gasteiger partial charge >= 0.3 is 6.01 Å². The molecule has 1 aromatic heterocycles. The van der Waals surface area contributed by atoms with Gasteiger partial charge in [0.1, 0.15) is 23.5 Å². The van der Waals surface area contributed by atoms with E-state index < -0.39 is 0 Å². The van der Waals surface area contributed by atoms with Crippen molar-refractivity contribution in [2.24, 2.45) is 0 Å². The minimum absolute atomic E-state index is 0.0584. The number of likely N-dealkylation sites (N-methyl/N-ethyl adjacent to an activating group) is 1. The SMILES string of the molecule is Cc1cc2c(N3CCN(C)CC3)nc(OC3CCOCC3)nc2c(OC(C)c2ccccc2)c1Br. The Morgan fingerprint density at radius 3 is 2.49 bits per heavy atom.